The minimum absolute atomic E-state index is 0.0543. The molecule has 0 atom stereocenters. The Kier molecular flexibility index (Phi) is 7.62. The number of hydrogen-bond acceptors (Lipinski definition) is 4. The van der Waals surface area contributed by atoms with E-state index in [1.807, 2.05) is 18.2 Å². The number of rotatable bonds is 8. The highest BCUT2D eigenvalue weighted by molar-refractivity contribution is 6.01. The van der Waals surface area contributed by atoms with E-state index in [-0.39, 0.29) is 17.8 Å². The number of halogens is 3. The van der Waals surface area contributed by atoms with Gasteiger partial charge in [-0.1, -0.05) is 31.5 Å². The Bertz CT molecular complexity index is 1030. The van der Waals surface area contributed by atoms with Crippen LogP contribution in [0.5, 0.6) is 5.75 Å². The summed E-state index contributed by atoms with van der Waals surface area (Å²) in [5.41, 5.74) is -0.843. The highest BCUT2D eigenvalue weighted by Crippen LogP contribution is 2.41. The number of nitrogens with zero attached hydrogens (tertiary/aromatic N) is 3. The van der Waals surface area contributed by atoms with Gasteiger partial charge in [-0.05, 0) is 43.5 Å². The van der Waals surface area contributed by atoms with Crippen LogP contribution in [0.25, 0.3) is 0 Å². The van der Waals surface area contributed by atoms with Crippen LogP contribution in [0.15, 0.2) is 53.7 Å². The molecule has 1 aromatic carbocycles. The van der Waals surface area contributed by atoms with E-state index in [4.69, 9.17) is 9.73 Å². The molecule has 1 saturated heterocycles. The summed E-state index contributed by atoms with van der Waals surface area (Å²) in [5, 5.41) is 3.00. The number of carbonyl (C=O) groups is 1. The minimum atomic E-state index is -4.47. The van der Waals surface area contributed by atoms with Crippen molar-refractivity contribution in [3.63, 3.8) is 0 Å². The molecule has 0 radical (unpaired) electrons. The molecule has 188 valence electrons. The van der Waals surface area contributed by atoms with Crippen LogP contribution in [0.1, 0.15) is 56.7 Å². The van der Waals surface area contributed by atoms with Gasteiger partial charge < -0.3 is 15.0 Å². The van der Waals surface area contributed by atoms with E-state index in [1.165, 1.54) is 12.1 Å². The van der Waals surface area contributed by atoms with Crippen LogP contribution in [0.3, 0.4) is 0 Å². The van der Waals surface area contributed by atoms with Crippen molar-refractivity contribution in [1.82, 2.24) is 15.2 Å². The van der Waals surface area contributed by atoms with Gasteiger partial charge in [0.05, 0.1) is 5.56 Å². The first kappa shape index (κ1) is 25.0. The quantitative estimate of drug-likeness (QED) is 0.328. The number of piperidine rings is 1. The number of ether oxygens (including phenoxy) is 1. The second-order valence-corrected chi connectivity index (χ2v) is 9.09. The van der Waals surface area contributed by atoms with Crippen LogP contribution in [0.4, 0.5) is 13.2 Å². The largest absolute Gasteiger partial charge is 0.490 e. The van der Waals surface area contributed by atoms with Gasteiger partial charge >= 0.3 is 6.18 Å². The van der Waals surface area contributed by atoms with E-state index in [0.29, 0.717) is 56.8 Å². The lowest BCUT2D eigenvalue weighted by atomic mass is 10.1. The third-order valence-corrected chi connectivity index (χ3v) is 6.40. The number of amides is 1. The third kappa shape index (κ3) is 6.13. The van der Waals surface area contributed by atoms with E-state index in [2.05, 4.69) is 22.1 Å². The molecule has 1 aromatic heterocycles. The summed E-state index contributed by atoms with van der Waals surface area (Å²) < 4.78 is 45.8. The molecule has 0 spiro atoms. The predicted molar refractivity (Wildman–Crippen MR) is 127 cm³/mol. The lowest BCUT2D eigenvalue weighted by molar-refractivity contribution is -0.139. The number of hydrogen-bond donors (Lipinski definition) is 1. The monoisotopic (exact) mass is 488 g/mol. The summed E-state index contributed by atoms with van der Waals surface area (Å²) in [6, 6.07) is 10.9. The topological polar surface area (TPSA) is 66.8 Å². The molecule has 2 aliphatic rings. The normalized spacial score (nSPS) is 18.3. The van der Waals surface area contributed by atoms with Gasteiger partial charge in [0, 0.05) is 38.7 Å². The molecule has 2 aromatic rings. The van der Waals surface area contributed by atoms with Crippen molar-refractivity contribution >= 4 is 11.7 Å². The van der Waals surface area contributed by atoms with E-state index in [1.54, 1.807) is 12.3 Å². The zero-order valence-corrected chi connectivity index (χ0v) is 19.9. The summed E-state index contributed by atoms with van der Waals surface area (Å²) in [5.74, 6) is 0.460. The van der Waals surface area contributed by atoms with Crippen molar-refractivity contribution in [2.45, 2.75) is 63.3 Å². The van der Waals surface area contributed by atoms with Crippen LogP contribution in [0, 0.1) is 0 Å². The number of para-hydroxylation sites is 1. The first-order chi connectivity index (χ1) is 16.8. The summed E-state index contributed by atoms with van der Waals surface area (Å²) >= 11 is 0. The second-order valence-electron chi connectivity index (χ2n) is 9.09. The smallest absolute Gasteiger partial charge is 0.419 e. The third-order valence-electron chi connectivity index (χ3n) is 6.40. The summed E-state index contributed by atoms with van der Waals surface area (Å²) in [7, 11) is 0. The zero-order chi connectivity index (χ0) is 24.9. The minimum Gasteiger partial charge on any atom is -0.490 e. The number of carbonyl (C=O) groups excluding carboxylic acids is 1. The van der Waals surface area contributed by atoms with Crippen molar-refractivity contribution in [2.75, 3.05) is 19.6 Å². The fourth-order valence-electron chi connectivity index (χ4n) is 4.21. The number of alkyl halides is 3. The molecule has 1 N–H and O–H groups in total. The second kappa shape index (κ2) is 10.7. The van der Waals surface area contributed by atoms with Gasteiger partial charge in [-0.3, -0.25) is 9.78 Å². The van der Waals surface area contributed by atoms with E-state index < -0.39 is 17.3 Å². The number of nitrogens with one attached hydrogen (secondary N) is 1. The molecule has 2 fully saturated rings. The van der Waals surface area contributed by atoms with Gasteiger partial charge in [0.15, 0.2) is 5.84 Å². The Morgan fingerprint density at radius 3 is 2.51 bits per heavy atom. The van der Waals surface area contributed by atoms with Gasteiger partial charge in [0.1, 0.15) is 23.1 Å². The van der Waals surface area contributed by atoms with Crippen LogP contribution >= 0.6 is 0 Å². The molecule has 2 heterocycles. The first-order valence-electron chi connectivity index (χ1n) is 12.2. The molecule has 1 aliphatic heterocycles. The molecule has 4 rings (SSSR count). The summed E-state index contributed by atoms with van der Waals surface area (Å²) in [4.78, 5) is 24.3. The number of pyridine rings is 1. The molecule has 0 bridgehead atoms. The Morgan fingerprint density at radius 1 is 1.17 bits per heavy atom. The van der Waals surface area contributed by atoms with Gasteiger partial charge in [-0.25, -0.2) is 4.99 Å². The predicted octanol–water partition coefficient (Wildman–Crippen LogP) is 4.84. The van der Waals surface area contributed by atoms with Crippen LogP contribution in [-0.4, -0.2) is 52.9 Å². The zero-order valence-electron chi connectivity index (χ0n) is 19.9. The first-order valence-corrected chi connectivity index (χ1v) is 12.2. The summed E-state index contributed by atoms with van der Waals surface area (Å²) in [6.07, 6.45) is 1.25. The molecular formula is C26H31F3N4O2. The van der Waals surface area contributed by atoms with Gasteiger partial charge in [0.25, 0.3) is 0 Å². The number of benzene rings is 1. The Labute approximate surface area is 203 Å². The highest BCUT2D eigenvalue weighted by atomic mass is 19.4. The molecule has 0 unspecified atom stereocenters. The van der Waals surface area contributed by atoms with Gasteiger partial charge in [0.2, 0.25) is 5.91 Å². The molecule has 1 aliphatic carbocycles. The molecular weight excluding hydrogens is 457 g/mol. The average molecular weight is 489 g/mol. The Morgan fingerprint density at radius 2 is 1.89 bits per heavy atom. The van der Waals surface area contributed by atoms with Crippen molar-refractivity contribution < 1.29 is 22.7 Å². The van der Waals surface area contributed by atoms with Crippen molar-refractivity contribution in [3.05, 3.63) is 59.9 Å². The average Bonchev–Trinajstić information content (AvgIpc) is 3.64. The van der Waals surface area contributed by atoms with Crippen LogP contribution in [0.2, 0.25) is 0 Å². The van der Waals surface area contributed by atoms with Crippen molar-refractivity contribution in [3.8, 4) is 5.75 Å². The van der Waals surface area contributed by atoms with Gasteiger partial charge in [-0.2, -0.15) is 13.2 Å². The van der Waals surface area contributed by atoms with E-state index in [9.17, 15) is 18.0 Å². The molecule has 9 heteroatoms. The maximum absolute atomic E-state index is 13.3. The van der Waals surface area contributed by atoms with Gasteiger partial charge in [-0.15, -0.1) is 0 Å². The van der Waals surface area contributed by atoms with E-state index >= 15 is 0 Å². The maximum atomic E-state index is 13.3. The standard InChI is InChI=1S/C26H31F3N4O2/c1-2-3-15-31-24(34)25(13-14-25)32-23(21-9-6-7-16-30-21)33-17-11-19(12-18-33)35-22-10-5-4-8-20(22)26(27,28)29/h4-10,16,19H,2-3,11-15,17-18H2,1H3,(H,31,34). The Balaban J connectivity index is 1.48. The maximum Gasteiger partial charge on any atom is 0.419 e. The molecule has 1 saturated carbocycles. The lowest BCUT2D eigenvalue weighted by Crippen LogP contribution is -2.44. The SMILES string of the molecule is CCCCNC(=O)C1(N=C(c2ccccn2)N2CCC(Oc3ccccc3C(F)(F)F)CC2)CC1. The number of likely N-dealkylation sites (tertiary alicyclic amines) is 1. The molecule has 1 amide bonds. The highest BCUT2D eigenvalue weighted by Gasteiger charge is 2.51. The molecule has 35 heavy (non-hydrogen) atoms. The van der Waals surface area contributed by atoms with Crippen LogP contribution in [-0.2, 0) is 11.0 Å². The number of unbranched alkanes of at least 4 members (excludes halogenated alkanes) is 1. The van der Waals surface area contributed by atoms with Crippen LogP contribution < -0.4 is 10.1 Å². The lowest BCUT2D eigenvalue weighted by Gasteiger charge is -2.35. The van der Waals surface area contributed by atoms with Crippen molar-refractivity contribution in [1.29, 1.82) is 0 Å². The number of aliphatic imine (C=N–C) groups is 1. The fourth-order valence-corrected chi connectivity index (χ4v) is 4.21. The fraction of sp³-hybridized carbons (Fsp3) is 0.500. The number of aromatic nitrogens is 1. The van der Waals surface area contributed by atoms with Crippen molar-refractivity contribution in [2.24, 2.45) is 4.99 Å². The summed E-state index contributed by atoms with van der Waals surface area (Å²) in [6.45, 7) is 3.79. The number of amidine groups is 1. The van der Waals surface area contributed by atoms with E-state index in [0.717, 1.165) is 18.9 Å². The molecule has 6 nitrogen and oxygen atoms in total. The Hall–Kier alpha value is -3.10.